The van der Waals surface area contributed by atoms with Gasteiger partial charge in [-0.05, 0) is 54.3 Å². The highest BCUT2D eigenvalue weighted by atomic mass is 32.2. The van der Waals surface area contributed by atoms with E-state index < -0.39 is 44.0 Å². The monoisotopic (exact) mass is 564 g/mol. The summed E-state index contributed by atoms with van der Waals surface area (Å²) in [5.41, 5.74) is -0.00556. The van der Waals surface area contributed by atoms with Crippen molar-refractivity contribution >= 4 is 9.84 Å². The van der Waals surface area contributed by atoms with E-state index in [0.717, 1.165) is 24.8 Å². The first-order chi connectivity index (χ1) is 19.1. The average Bonchev–Trinajstić information content (AvgIpc) is 2.95. The van der Waals surface area contributed by atoms with Crippen molar-refractivity contribution in [3.63, 3.8) is 0 Å². The van der Waals surface area contributed by atoms with Gasteiger partial charge in [-0.1, -0.05) is 44.5 Å². The number of hydrogen-bond acceptors (Lipinski definition) is 7. The summed E-state index contributed by atoms with van der Waals surface area (Å²) in [7, 11) is -4.59. The van der Waals surface area contributed by atoms with E-state index in [0.29, 0.717) is 30.4 Å². The van der Waals surface area contributed by atoms with Crippen LogP contribution in [-0.2, 0) is 16.3 Å². The van der Waals surface area contributed by atoms with Gasteiger partial charge in [0.1, 0.15) is 5.82 Å². The smallest absolute Gasteiger partial charge is 0.296 e. The van der Waals surface area contributed by atoms with Crippen LogP contribution in [0, 0.1) is 23.1 Å². The lowest BCUT2D eigenvalue weighted by atomic mass is 10.0. The maximum Gasteiger partial charge on any atom is 0.296 e. The minimum atomic E-state index is -4.59. The van der Waals surface area contributed by atoms with Crippen LogP contribution in [0.15, 0.2) is 75.4 Å². The van der Waals surface area contributed by atoms with Crippen molar-refractivity contribution in [3.8, 4) is 23.1 Å². The second-order valence-corrected chi connectivity index (χ2v) is 11.0. The van der Waals surface area contributed by atoms with Gasteiger partial charge in [-0.3, -0.25) is 9.36 Å². The maximum absolute atomic E-state index is 14.2. The van der Waals surface area contributed by atoms with E-state index in [-0.39, 0.29) is 21.8 Å². The molecular formula is C29H26F2N4O4S. The molecule has 206 valence electrons. The lowest BCUT2D eigenvalue weighted by molar-refractivity contribution is 0.358. The van der Waals surface area contributed by atoms with Crippen LogP contribution in [0.25, 0.3) is 11.1 Å². The van der Waals surface area contributed by atoms with Gasteiger partial charge in [-0.15, -0.1) is 0 Å². The third-order valence-electron chi connectivity index (χ3n) is 6.58. The van der Waals surface area contributed by atoms with E-state index in [2.05, 4.69) is 16.0 Å². The van der Waals surface area contributed by atoms with Gasteiger partial charge in [0, 0.05) is 18.2 Å². The molecule has 40 heavy (non-hydrogen) atoms. The van der Waals surface area contributed by atoms with Crippen LogP contribution in [0.4, 0.5) is 8.78 Å². The van der Waals surface area contributed by atoms with Gasteiger partial charge in [0.05, 0.1) is 22.6 Å². The first kappa shape index (κ1) is 28.6. The van der Waals surface area contributed by atoms with E-state index >= 15 is 0 Å². The molecule has 0 aliphatic carbocycles. The molecule has 0 bridgehead atoms. The van der Waals surface area contributed by atoms with Crippen molar-refractivity contribution in [2.75, 3.05) is 0 Å². The molecule has 0 amide bonds. The van der Waals surface area contributed by atoms with Crippen LogP contribution in [0.2, 0.25) is 0 Å². The molecule has 8 nitrogen and oxygen atoms in total. The van der Waals surface area contributed by atoms with Crippen LogP contribution in [-0.4, -0.2) is 28.1 Å². The van der Waals surface area contributed by atoms with E-state index in [9.17, 15) is 32.4 Å². The summed E-state index contributed by atoms with van der Waals surface area (Å²) in [5.74, 6) is -3.01. The molecule has 0 aliphatic rings. The van der Waals surface area contributed by atoms with E-state index in [4.69, 9.17) is 0 Å². The fourth-order valence-electron chi connectivity index (χ4n) is 4.58. The summed E-state index contributed by atoms with van der Waals surface area (Å²) < 4.78 is 56.5. The number of halogens is 2. The molecule has 4 aromatic rings. The molecule has 0 spiro atoms. The molecule has 2 aromatic heterocycles. The minimum Gasteiger partial charge on any atom is -0.493 e. The van der Waals surface area contributed by atoms with Crippen LogP contribution >= 0.6 is 0 Å². The Kier molecular flexibility index (Phi) is 8.40. The lowest BCUT2D eigenvalue weighted by Gasteiger charge is -2.25. The summed E-state index contributed by atoms with van der Waals surface area (Å²) in [6.07, 6.45) is 3.21. The minimum absolute atomic E-state index is 0.117. The quantitative estimate of drug-likeness (QED) is 0.272. The molecule has 0 radical (unpaired) electrons. The fourth-order valence-corrected chi connectivity index (χ4v) is 5.92. The number of benzene rings is 2. The van der Waals surface area contributed by atoms with E-state index in [1.807, 2.05) is 13.8 Å². The zero-order chi connectivity index (χ0) is 29.0. The lowest BCUT2D eigenvalue weighted by Crippen LogP contribution is -2.27. The Morgan fingerprint density at radius 3 is 2.48 bits per heavy atom. The van der Waals surface area contributed by atoms with Crippen molar-refractivity contribution < 1.29 is 22.3 Å². The highest BCUT2D eigenvalue weighted by molar-refractivity contribution is 7.91. The summed E-state index contributed by atoms with van der Waals surface area (Å²) in [5, 5.41) is 20.8. The van der Waals surface area contributed by atoms with Crippen LogP contribution < -0.4 is 5.56 Å². The number of rotatable bonds is 9. The zero-order valence-electron chi connectivity index (χ0n) is 21.8. The Morgan fingerprint density at radius 1 is 1.10 bits per heavy atom. The predicted octanol–water partition coefficient (Wildman–Crippen LogP) is 5.34. The summed E-state index contributed by atoms with van der Waals surface area (Å²) in [4.78, 5) is 19.2. The van der Waals surface area contributed by atoms with Crippen LogP contribution in [0.3, 0.4) is 0 Å². The highest BCUT2D eigenvalue weighted by Gasteiger charge is 2.32. The van der Waals surface area contributed by atoms with Gasteiger partial charge in [0.15, 0.2) is 10.7 Å². The third-order valence-corrected chi connectivity index (χ3v) is 8.37. The molecule has 0 saturated heterocycles. The molecule has 0 aliphatic heterocycles. The molecule has 2 heterocycles. The third kappa shape index (κ3) is 5.35. The number of pyridine rings is 1. The molecule has 0 fully saturated rings. The second kappa shape index (κ2) is 11.8. The Bertz CT molecular complexity index is 1760. The van der Waals surface area contributed by atoms with Gasteiger partial charge in [-0.25, -0.2) is 17.8 Å². The SMILES string of the molecule is CCCCc1nc(=O)c(S(=O)(=O)c2ccc(-c3ccnc(F)c3F)cc2)c(O)n1[C@@H](CC)c1cccc(C#N)c1. The number of unbranched alkanes of at least 4 members (excludes halogenated alkanes) is 1. The van der Waals surface area contributed by atoms with Crippen molar-refractivity contribution in [2.24, 2.45) is 0 Å². The molecule has 0 saturated carbocycles. The number of nitriles is 1. The first-order valence-corrected chi connectivity index (χ1v) is 14.1. The molecular weight excluding hydrogens is 538 g/mol. The van der Waals surface area contributed by atoms with Crippen molar-refractivity contribution in [2.45, 2.75) is 55.4 Å². The van der Waals surface area contributed by atoms with Crippen LogP contribution in [0.1, 0.15) is 56.1 Å². The number of aromatic hydroxyl groups is 1. The first-order valence-electron chi connectivity index (χ1n) is 12.6. The topological polar surface area (TPSA) is 126 Å². The number of nitrogens with zero attached hydrogens (tertiary/aromatic N) is 4. The van der Waals surface area contributed by atoms with Crippen molar-refractivity contribution in [1.82, 2.24) is 14.5 Å². The predicted molar refractivity (Wildman–Crippen MR) is 143 cm³/mol. The second-order valence-electron chi connectivity index (χ2n) is 9.11. The van der Waals surface area contributed by atoms with Gasteiger partial charge < -0.3 is 5.11 Å². The summed E-state index contributed by atoms with van der Waals surface area (Å²) in [6.45, 7) is 3.78. The van der Waals surface area contributed by atoms with E-state index in [1.54, 1.807) is 24.3 Å². The maximum atomic E-state index is 14.2. The zero-order valence-corrected chi connectivity index (χ0v) is 22.6. The molecule has 0 unspecified atom stereocenters. The molecule has 4 rings (SSSR count). The number of aryl methyl sites for hydroxylation is 1. The average molecular weight is 565 g/mol. The Hall–Kier alpha value is -4.43. The number of sulfone groups is 1. The number of hydrogen-bond donors (Lipinski definition) is 1. The molecule has 11 heteroatoms. The standard InChI is InChI=1S/C29H26F2N4O4S/c1-3-5-9-24-34-28(36)26(29(37)35(24)23(4-2)20-8-6-7-18(16-20)17-32)40(38,39)21-12-10-19(11-13-21)22-14-15-33-27(31)25(22)30/h6-8,10-16,23,37H,3-5,9H2,1-2H3/t23-/m0/s1. The Balaban J connectivity index is 1.88. The number of aromatic nitrogens is 3. The molecule has 1 atom stereocenters. The molecule has 2 aromatic carbocycles. The van der Waals surface area contributed by atoms with E-state index in [1.165, 1.54) is 22.8 Å². The van der Waals surface area contributed by atoms with Gasteiger partial charge in [0.2, 0.25) is 21.7 Å². The summed E-state index contributed by atoms with van der Waals surface area (Å²) in [6, 6.07) is 14.2. The van der Waals surface area contributed by atoms with Gasteiger partial charge in [0.25, 0.3) is 5.56 Å². The normalized spacial score (nSPS) is 12.2. The summed E-state index contributed by atoms with van der Waals surface area (Å²) >= 11 is 0. The van der Waals surface area contributed by atoms with Crippen LogP contribution in [0.5, 0.6) is 5.88 Å². The van der Waals surface area contributed by atoms with Crippen molar-refractivity contribution in [1.29, 1.82) is 5.26 Å². The Morgan fingerprint density at radius 2 is 1.82 bits per heavy atom. The van der Waals surface area contributed by atoms with Gasteiger partial charge >= 0.3 is 0 Å². The fraction of sp³-hybridized carbons (Fsp3) is 0.241. The highest BCUT2D eigenvalue weighted by Crippen LogP contribution is 2.34. The largest absolute Gasteiger partial charge is 0.493 e. The van der Waals surface area contributed by atoms with Gasteiger partial charge in [-0.2, -0.15) is 14.6 Å². The molecule has 1 N–H and O–H groups in total. The Labute approximate surface area is 230 Å². The van der Waals surface area contributed by atoms with Crippen molar-refractivity contribution in [3.05, 3.63) is 99.9 Å².